The summed E-state index contributed by atoms with van der Waals surface area (Å²) < 4.78 is 12.0. The van der Waals surface area contributed by atoms with Gasteiger partial charge < -0.3 is 14.3 Å². The van der Waals surface area contributed by atoms with Gasteiger partial charge >= 0.3 is 0 Å². The van der Waals surface area contributed by atoms with Crippen molar-refractivity contribution in [2.24, 2.45) is 5.16 Å². The van der Waals surface area contributed by atoms with E-state index in [2.05, 4.69) is 12.1 Å². The minimum atomic E-state index is 0.171. The number of hydrogen-bond donors (Lipinski definition) is 0. The van der Waals surface area contributed by atoms with Gasteiger partial charge in [0.15, 0.2) is 0 Å². The minimum Gasteiger partial charge on any atom is -0.493 e. The van der Waals surface area contributed by atoms with Crippen molar-refractivity contribution in [3.63, 3.8) is 0 Å². The van der Waals surface area contributed by atoms with Gasteiger partial charge in [0.1, 0.15) is 33.7 Å². The molecule has 0 saturated carbocycles. The van der Waals surface area contributed by atoms with Gasteiger partial charge in [-0.15, -0.1) is 0 Å². The lowest BCUT2D eigenvalue weighted by atomic mass is 10.1. The number of oxime groups is 1. The third-order valence-corrected chi connectivity index (χ3v) is 4.25. The molecule has 8 heteroatoms. The van der Waals surface area contributed by atoms with Crippen LogP contribution >= 0.6 is 46.4 Å². The summed E-state index contributed by atoms with van der Waals surface area (Å²) >= 11 is 22.1. The average Bonchev–Trinajstić information content (AvgIpc) is 2.63. The monoisotopic (exact) mass is 467 g/mol. The highest BCUT2D eigenvalue weighted by molar-refractivity contribution is 6.56. The van der Waals surface area contributed by atoms with Crippen molar-refractivity contribution >= 4 is 52.6 Å². The molecule has 0 atom stereocenters. The summed E-state index contributed by atoms with van der Waals surface area (Å²) in [6, 6.07) is 3.94. The number of aryl methyl sites for hydroxylation is 2. The Balaban J connectivity index is 2.40. The van der Waals surface area contributed by atoms with E-state index in [0.717, 1.165) is 48.3 Å². The molecule has 0 N–H and O–H groups in total. The van der Waals surface area contributed by atoms with Crippen LogP contribution in [0.25, 0.3) is 0 Å². The summed E-state index contributed by atoms with van der Waals surface area (Å²) in [5.74, 6) is 1.69. The van der Waals surface area contributed by atoms with Crippen molar-refractivity contribution in [2.45, 2.75) is 39.5 Å². The van der Waals surface area contributed by atoms with Crippen LogP contribution in [0.4, 0.5) is 0 Å². The first-order valence-corrected chi connectivity index (χ1v) is 10.5. The van der Waals surface area contributed by atoms with Gasteiger partial charge in [0.25, 0.3) is 0 Å². The van der Waals surface area contributed by atoms with Gasteiger partial charge in [-0.3, -0.25) is 0 Å². The van der Waals surface area contributed by atoms with Gasteiger partial charge in [-0.2, -0.15) is 0 Å². The van der Waals surface area contributed by atoms with Crippen LogP contribution < -0.4 is 9.47 Å². The highest BCUT2D eigenvalue weighted by Gasteiger charge is 2.09. The van der Waals surface area contributed by atoms with E-state index in [1.807, 2.05) is 19.1 Å². The maximum atomic E-state index is 6.01. The molecule has 0 aromatic heterocycles. The standard InChI is InChI=1S/C20H25Cl4NO3/c1-3-16-14-17(26-11-7-18(21)22)13-15(2)20(16)27-10-6-4-5-9-25-28-12-8-19(23)24/h7-9,13-14H,3-6,10-12H2,1-2H3. The topological polar surface area (TPSA) is 40.0 Å². The second-order valence-corrected chi connectivity index (χ2v) is 7.82. The smallest absolute Gasteiger partial charge is 0.138 e. The first kappa shape index (κ1) is 25.0. The minimum absolute atomic E-state index is 0.171. The Hall–Kier alpha value is -1.07. The molecule has 0 amide bonds. The third kappa shape index (κ3) is 11.1. The van der Waals surface area contributed by atoms with Crippen LogP contribution in [0.15, 0.2) is 38.4 Å². The van der Waals surface area contributed by atoms with E-state index >= 15 is 0 Å². The molecule has 0 spiro atoms. The number of benzene rings is 1. The summed E-state index contributed by atoms with van der Waals surface area (Å²) in [6.45, 7) is 5.32. The first-order valence-electron chi connectivity index (χ1n) is 8.99. The van der Waals surface area contributed by atoms with Crippen LogP contribution in [-0.4, -0.2) is 26.0 Å². The van der Waals surface area contributed by atoms with Gasteiger partial charge in [0.2, 0.25) is 0 Å². The highest BCUT2D eigenvalue weighted by Crippen LogP contribution is 2.30. The summed E-state index contributed by atoms with van der Waals surface area (Å²) in [6.07, 6.45) is 8.39. The molecule has 0 aliphatic rings. The third-order valence-electron chi connectivity index (χ3n) is 3.63. The number of hydrogen-bond acceptors (Lipinski definition) is 4. The lowest BCUT2D eigenvalue weighted by Crippen LogP contribution is -2.03. The molecule has 0 heterocycles. The molecule has 0 fully saturated rings. The van der Waals surface area contributed by atoms with E-state index in [4.69, 9.17) is 60.7 Å². The SMILES string of the molecule is CCc1cc(OCC=C(Cl)Cl)cc(C)c1OCCCCC=NOCC=C(Cl)Cl. The quantitative estimate of drug-likeness (QED) is 0.175. The fourth-order valence-electron chi connectivity index (χ4n) is 2.33. The Morgan fingerprint density at radius 1 is 1.00 bits per heavy atom. The Bertz CT molecular complexity index is 682. The molecule has 1 aromatic carbocycles. The maximum Gasteiger partial charge on any atom is 0.138 e. The van der Waals surface area contributed by atoms with Gasteiger partial charge in [-0.1, -0.05) is 58.5 Å². The fourth-order valence-corrected chi connectivity index (χ4v) is 2.58. The molecule has 0 unspecified atom stereocenters. The Labute approximate surface area is 187 Å². The molecule has 0 aliphatic carbocycles. The molecule has 4 nitrogen and oxygen atoms in total. The summed E-state index contributed by atoms with van der Waals surface area (Å²) in [7, 11) is 0. The largest absolute Gasteiger partial charge is 0.493 e. The Kier molecular flexibility index (Phi) is 13.3. The summed E-state index contributed by atoms with van der Waals surface area (Å²) in [5.41, 5.74) is 2.15. The first-order chi connectivity index (χ1) is 13.4. The zero-order valence-electron chi connectivity index (χ0n) is 16.0. The average molecular weight is 469 g/mol. The van der Waals surface area contributed by atoms with Gasteiger partial charge in [-0.25, -0.2) is 0 Å². The van der Waals surface area contributed by atoms with Gasteiger partial charge in [-0.05, 0) is 68.0 Å². The summed E-state index contributed by atoms with van der Waals surface area (Å²) in [5, 5.41) is 3.82. The van der Waals surface area contributed by atoms with Crippen LogP contribution in [-0.2, 0) is 11.3 Å². The van der Waals surface area contributed by atoms with E-state index in [9.17, 15) is 0 Å². The molecule has 0 radical (unpaired) electrons. The molecule has 1 aromatic rings. The molecule has 1 rings (SSSR count). The van der Waals surface area contributed by atoms with Crippen molar-refractivity contribution in [2.75, 3.05) is 19.8 Å². The van der Waals surface area contributed by atoms with Crippen LogP contribution in [0, 0.1) is 6.92 Å². The van der Waals surface area contributed by atoms with Crippen LogP contribution in [0.3, 0.4) is 0 Å². The van der Waals surface area contributed by atoms with Crippen LogP contribution in [0.1, 0.15) is 37.3 Å². The zero-order chi connectivity index (χ0) is 20.8. The number of ether oxygens (including phenoxy) is 2. The van der Waals surface area contributed by atoms with Crippen LogP contribution in [0.2, 0.25) is 0 Å². The van der Waals surface area contributed by atoms with Crippen molar-refractivity contribution in [3.05, 3.63) is 44.4 Å². The summed E-state index contributed by atoms with van der Waals surface area (Å²) in [4.78, 5) is 4.98. The second-order valence-electron chi connectivity index (χ2n) is 5.81. The fraction of sp³-hybridized carbons (Fsp3) is 0.450. The number of nitrogens with zero attached hydrogens (tertiary/aromatic N) is 1. The van der Waals surface area contributed by atoms with E-state index in [-0.39, 0.29) is 15.6 Å². The Morgan fingerprint density at radius 3 is 2.39 bits per heavy atom. The lowest BCUT2D eigenvalue weighted by molar-refractivity contribution is 0.175. The lowest BCUT2D eigenvalue weighted by Gasteiger charge is -2.15. The predicted molar refractivity (Wildman–Crippen MR) is 119 cm³/mol. The van der Waals surface area contributed by atoms with Crippen molar-refractivity contribution in [1.29, 1.82) is 0 Å². The highest BCUT2D eigenvalue weighted by atomic mass is 35.5. The van der Waals surface area contributed by atoms with Crippen molar-refractivity contribution in [3.8, 4) is 11.5 Å². The van der Waals surface area contributed by atoms with Gasteiger partial charge in [0, 0.05) is 6.21 Å². The van der Waals surface area contributed by atoms with E-state index < -0.39 is 0 Å². The van der Waals surface area contributed by atoms with Crippen molar-refractivity contribution in [1.82, 2.24) is 0 Å². The van der Waals surface area contributed by atoms with E-state index in [0.29, 0.717) is 13.2 Å². The predicted octanol–water partition coefficient (Wildman–Crippen LogP) is 7.13. The van der Waals surface area contributed by atoms with E-state index in [1.165, 1.54) is 6.08 Å². The van der Waals surface area contributed by atoms with Crippen LogP contribution in [0.5, 0.6) is 11.5 Å². The molecule has 0 aliphatic heterocycles. The second kappa shape index (κ2) is 14.9. The maximum absolute atomic E-state index is 6.01. The zero-order valence-corrected chi connectivity index (χ0v) is 19.0. The number of unbranched alkanes of at least 4 members (excludes halogenated alkanes) is 2. The van der Waals surface area contributed by atoms with E-state index in [1.54, 1.807) is 12.3 Å². The van der Waals surface area contributed by atoms with Gasteiger partial charge in [0.05, 0.1) is 6.61 Å². The normalized spacial score (nSPS) is 10.6. The number of halogens is 4. The molecule has 28 heavy (non-hydrogen) atoms. The molecule has 156 valence electrons. The Morgan fingerprint density at radius 2 is 1.71 bits per heavy atom. The molecule has 0 saturated heterocycles. The number of rotatable bonds is 13. The molecular formula is C20H25Cl4NO3. The molecular weight excluding hydrogens is 444 g/mol. The van der Waals surface area contributed by atoms with Crippen molar-refractivity contribution < 1.29 is 14.3 Å². The molecule has 0 bridgehead atoms.